The van der Waals surface area contributed by atoms with Crippen molar-refractivity contribution >= 4 is 5.91 Å². The van der Waals surface area contributed by atoms with Crippen LogP contribution in [0.25, 0.3) is 0 Å². The lowest BCUT2D eigenvalue weighted by Crippen LogP contribution is -2.25. The maximum absolute atomic E-state index is 12.0. The second kappa shape index (κ2) is 7.45. The van der Waals surface area contributed by atoms with Crippen LogP contribution in [-0.4, -0.2) is 29.1 Å². The van der Waals surface area contributed by atoms with Crippen molar-refractivity contribution in [3.8, 4) is 0 Å². The molecule has 0 bridgehead atoms. The highest BCUT2D eigenvalue weighted by Crippen LogP contribution is 2.06. The van der Waals surface area contributed by atoms with E-state index in [0.717, 1.165) is 18.5 Å². The van der Waals surface area contributed by atoms with Crippen LogP contribution in [-0.2, 0) is 17.9 Å². The molecule has 1 aromatic carbocycles. The van der Waals surface area contributed by atoms with Gasteiger partial charge in [-0.3, -0.25) is 4.79 Å². The number of aryl methyl sites for hydroxylation is 1. The Labute approximate surface area is 118 Å². The van der Waals surface area contributed by atoms with Crippen LogP contribution >= 0.6 is 0 Å². The summed E-state index contributed by atoms with van der Waals surface area (Å²) in [7, 11) is 1.64. The number of nitrogens with zero attached hydrogens (tertiary/aromatic N) is 2. The van der Waals surface area contributed by atoms with Gasteiger partial charge in [0.1, 0.15) is 0 Å². The van der Waals surface area contributed by atoms with Gasteiger partial charge in [0.2, 0.25) is 0 Å². The van der Waals surface area contributed by atoms with Crippen LogP contribution in [0.2, 0.25) is 0 Å². The summed E-state index contributed by atoms with van der Waals surface area (Å²) >= 11 is 0. The van der Waals surface area contributed by atoms with Crippen molar-refractivity contribution in [1.82, 2.24) is 14.9 Å². The smallest absolute Gasteiger partial charge is 0.251 e. The molecular formula is C15H19N3O2. The number of imidazole rings is 1. The number of nitrogens with one attached hydrogen (secondary N) is 1. The monoisotopic (exact) mass is 273 g/mol. The van der Waals surface area contributed by atoms with Gasteiger partial charge in [0.15, 0.2) is 0 Å². The number of rotatable bonds is 7. The zero-order valence-electron chi connectivity index (χ0n) is 11.6. The fourth-order valence-electron chi connectivity index (χ4n) is 1.95. The Balaban J connectivity index is 1.78. The molecule has 0 radical (unpaired) electrons. The number of carbonyl (C=O) groups is 1. The highest BCUT2D eigenvalue weighted by molar-refractivity contribution is 5.94. The van der Waals surface area contributed by atoms with Crippen LogP contribution in [0.3, 0.4) is 0 Å². The lowest BCUT2D eigenvalue weighted by Gasteiger charge is -2.07. The topological polar surface area (TPSA) is 56.1 Å². The summed E-state index contributed by atoms with van der Waals surface area (Å²) in [6.45, 7) is 2.01. The Hall–Kier alpha value is -2.14. The van der Waals surface area contributed by atoms with Crippen molar-refractivity contribution < 1.29 is 9.53 Å². The third-order valence-electron chi connectivity index (χ3n) is 2.94. The second-order valence-electron chi connectivity index (χ2n) is 4.54. The number of hydrogen-bond donors (Lipinski definition) is 1. The molecule has 20 heavy (non-hydrogen) atoms. The van der Waals surface area contributed by atoms with Crippen molar-refractivity contribution in [2.75, 3.05) is 13.7 Å². The van der Waals surface area contributed by atoms with Gasteiger partial charge in [-0.1, -0.05) is 12.1 Å². The molecule has 1 heterocycles. The van der Waals surface area contributed by atoms with Gasteiger partial charge in [-0.15, -0.1) is 0 Å². The molecule has 0 aliphatic rings. The number of methoxy groups -OCH3 is 1. The van der Waals surface area contributed by atoms with E-state index in [4.69, 9.17) is 4.74 Å². The maximum Gasteiger partial charge on any atom is 0.251 e. The van der Waals surface area contributed by atoms with Crippen LogP contribution < -0.4 is 5.32 Å². The lowest BCUT2D eigenvalue weighted by atomic mass is 10.1. The van der Waals surface area contributed by atoms with E-state index in [1.54, 1.807) is 19.6 Å². The van der Waals surface area contributed by atoms with Gasteiger partial charge in [-0.05, 0) is 24.1 Å². The Bertz CT molecular complexity index is 538. The van der Waals surface area contributed by atoms with Gasteiger partial charge in [0.05, 0.1) is 12.9 Å². The number of ether oxygens (including phenoxy) is 1. The molecular weight excluding hydrogens is 254 g/mol. The molecule has 0 atom stereocenters. The molecule has 0 saturated carbocycles. The van der Waals surface area contributed by atoms with E-state index < -0.39 is 0 Å². The fraction of sp³-hybridized carbons (Fsp3) is 0.333. The summed E-state index contributed by atoms with van der Waals surface area (Å²) in [5, 5.41) is 2.92. The minimum Gasteiger partial charge on any atom is -0.380 e. The molecule has 5 nitrogen and oxygen atoms in total. The Morgan fingerprint density at radius 1 is 1.45 bits per heavy atom. The highest BCUT2D eigenvalue weighted by atomic mass is 16.5. The number of amides is 1. The molecule has 5 heteroatoms. The Morgan fingerprint density at radius 3 is 3.10 bits per heavy atom. The average Bonchev–Trinajstić information content (AvgIpc) is 2.97. The summed E-state index contributed by atoms with van der Waals surface area (Å²) in [4.78, 5) is 16.0. The van der Waals surface area contributed by atoms with Gasteiger partial charge >= 0.3 is 0 Å². The molecule has 2 rings (SSSR count). The van der Waals surface area contributed by atoms with Crippen molar-refractivity contribution in [2.24, 2.45) is 0 Å². The molecule has 0 unspecified atom stereocenters. The second-order valence-corrected chi connectivity index (χ2v) is 4.54. The molecule has 0 aliphatic heterocycles. The van der Waals surface area contributed by atoms with Crippen LogP contribution in [0.4, 0.5) is 0 Å². The lowest BCUT2D eigenvalue weighted by molar-refractivity contribution is 0.0952. The van der Waals surface area contributed by atoms with Crippen LogP contribution in [0.15, 0.2) is 43.0 Å². The Morgan fingerprint density at radius 2 is 2.35 bits per heavy atom. The number of hydrogen-bond acceptors (Lipinski definition) is 3. The van der Waals surface area contributed by atoms with E-state index in [0.29, 0.717) is 18.7 Å². The van der Waals surface area contributed by atoms with Crippen molar-refractivity contribution in [2.45, 2.75) is 19.6 Å². The molecule has 1 amide bonds. The summed E-state index contributed by atoms with van der Waals surface area (Å²) in [5.41, 5.74) is 1.67. The van der Waals surface area contributed by atoms with Gasteiger partial charge < -0.3 is 14.6 Å². The van der Waals surface area contributed by atoms with Gasteiger partial charge in [-0.2, -0.15) is 0 Å². The molecule has 0 spiro atoms. The third-order valence-corrected chi connectivity index (χ3v) is 2.94. The van der Waals surface area contributed by atoms with E-state index in [-0.39, 0.29) is 5.91 Å². The van der Waals surface area contributed by atoms with E-state index in [9.17, 15) is 4.79 Å². The third kappa shape index (κ3) is 4.20. The quantitative estimate of drug-likeness (QED) is 0.783. The van der Waals surface area contributed by atoms with E-state index >= 15 is 0 Å². The summed E-state index contributed by atoms with van der Waals surface area (Å²) < 4.78 is 7.05. The molecule has 2 aromatic rings. The molecule has 1 N–H and O–H groups in total. The number of benzene rings is 1. The summed E-state index contributed by atoms with van der Waals surface area (Å²) in [6.07, 6.45) is 6.31. The van der Waals surface area contributed by atoms with Crippen molar-refractivity contribution in [3.63, 3.8) is 0 Å². The average molecular weight is 273 g/mol. The predicted molar refractivity (Wildman–Crippen MR) is 76.3 cm³/mol. The van der Waals surface area contributed by atoms with Gasteiger partial charge in [0.25, 0.3) is 5.91 Å². The maximum atomic E-state index is 12.0. The minimum atomic E-state index is -0.0476. The van der Waals surface area contributed by atoms with E-state index in [1.807, 2.05) is 35.0 Å². The van der Waals surface area contributed by atoms with Crippen LogP contribution in [0, 0.1) is 0 Å². The fourth-order valence-corrected chi connectivity index (χ4v) is 1.95. The van der Waals surface area contributed by atoms with Crippen molar-refractivity contribution in [1.29, 1.82) is 0 Å². The SMILES string of the molecule is COCc1cccc(C(=O)NCCCn2ccnc2)c1. The summed E-state index contributed by atoms with van der Waals surface area (Å²) in [5.74, 6) is -0.0476. The first-order chi connectivity index (χ1) is 9.79. The van der Waals surface area contributed by atoms with Gasteiger partial charge in [-0.25, -0.2) is 4.98 Å². The Kier molecular flexibility index (Phi) is 5.32. The predicted octanol–water partition coefficient (Wildman–Crippen LogP) is 1.85. The molecule has 0 fully saturated rings. The number of carbonyl (C=O) groups excluding carboxylic acids is 1. The molecule has 1 aromatic heterocycles. The van der Waals surface area contributed by atoms with Crippen molar-refractivity contribution in [3.05, 3.63) is 54.1 Å². The first-order valence-corrected chi connectivity index (χ1v) is 6.61. The normalized spacial score (nSPS) is 10.4. The molecule has 106 valence electrons. The van der Waals surface area contributed by atoms with Gasteiger partial charge in [0, 0.05) is 38.2 Å². The number of aromatic nitrogens is 2. The highest BCUT2D eigenvalue weighted by Gasteiger charge is 2.05. The zero-order valence-corrected chi connectivity index (χ0v) is 11.6. The molecule has 0 aliphatic carbocycles. The standard InChI is InChI=1S/C15H19N3O2/c1-20-11-13-4-2-5-14(10-13)15(19)17-6-3-8-18-9-7-16-12-18/h2,4-5,7,9-10,12H,3,6,8,11H2,1H3,(H,17,19). The summed E-state index contributed by atoms with van der Waals surface area (Å²) in [6, 6.07) is 7.48. The molecule has 0 saturated heterocycles. The van der Waals surface area contributed by atoms with Crippen LogP contribution in [0.5, 0.6) is 0 Å². The first kappa shape index (κ1) is 14.3. The van der Waals surface area contributed by atoms with E-state index in [1.165, 1.54) is 0 Å². The zero-order chi connectivity index (χ0) is 14.2. The van der Waals surface area contributed by atoms with E-state index in [2.05, 4.69) is 10.3 Å². The minimum absolute atomic E-state index is 0.0476. The van der Waals surface area contributed by atoms with Crippen LogP contribution in [0.1, 0.15) is 22.3 Å². The first-order valence-electron chi connectivity index (χ1n) is 6.61. The largest absolute Gasteiger partial charge is 0.380 e.